The molecule has 2 aliphatic rings. The molecule has 2 aliphatic heterocycles. The van der Waals surface area contributed by atoms with E-state index in [1.165, 1.54) is 4.90 Å². The third-order valence-corrected chi connectivity index (χ3v) is 8.85. The minimum atomic E-state index is -3.60. The molecule has 0 aliphatic carbocycles. The number of sulfonamides is 1. The van der Waals surface area contributed by atoms with Crippen molar-refractivity contribution in [3.63, 3.8) is 0 Å². The topological polar surface area (TPSA) is 86.8 Å². The first-order chi connectivity index (χ1) is 16.1. The highest BCUT2D eigenvalue weighted by molar-refractivity contribution is 7.89. The smallest absolute Gasteiger partial charge is 0.244 e. The Hall–Kier alpha value is -2.71. The molecule has 8 heteroatoms. The number of nitrogens with one attached hydrogen (secondary N) is 1. The molecule has 0 radical (unpaired) electrons. The Labute approximate surface area is 202 Å². The highest BCUT2D eigenvalue weighted by Gasteiger charge is 2.33. The average molecular weight is 484 g/mol. The Morgan fingerprint density at radius 2 is 1.76 bits per heavy atom. The lowest BCUT2D eigenvalue weighted by Gasteiger charge is -2.33. The van der Waals surface area contributed by atoms with E-state index in [-0.39, 0.29) is 35.7 Å². The van der Waals surface area contributed by atoms with Crippen molar-refractivity contribution in [3.05, 3.63) is 52.6 Å². The van der Waals surface area contributed by atoms with E-state index >= 15 is 0 Å². The molecule has 0 unspecified atom stereocenters. The van der Waals surface area contributed by atoms with Crippen LogP contribution in [0, 0.1) is 20.8 Å². The molecule has 182 valence electrons. The summed E-state index contributed by atoms with van der Waals surface area (Å²) in [4.78, 5) is 27.3. The van der Waals surface area contributed by atoms with Crippen molar-refractivity contribution in [2.75, 3.05) is 23.3 Å². The van der Waals surface area contributed by atoms with Gasteiger partial charge in [0, 0.05) is 30.4 Å². The number of hydrogen-bond donors (Lipinski definition) is 1. The molecule has 0 saturated carbocycles. The number of hydrogen-bond acceptors (Lipinski definition) is 4. The van der Waals surface area contributed by atoms with E-state index < -0.39 is 10.0 Å². The fourth-order valence-corrected chi connectivity index (χ4v) is 6.88. The first-order valence-electron chi connectivity index (χ1n) is 11.9. The second kappa shape index (κ2) is 9.50. The molecular formula is C26H33N3O4S. The van der Waals surface area contributed by atoms with Gasteiger partial charge in [-0.1, -0.05) is 24.1 Å². The number of fused-ring (bicyclic) bond motifs is 1. The van der Waals surface area contributed by atoms with Crippen LogP contribution in [0.1, 0.15) is 54.9 Å². The predicted octanol–water partition coefficient (Wildman–Crippen LogP) is 4.09. The van der Waals surface area contributed by atoms with Crippen molar-refractivity contribution in [2.45, 2.75) is 70.7 Å². The fourth-order valence-electron chi connectivity index (χ4n) is 5.13. The van der Waals surface area contributed by atoms with E-state index in [4.69, 9.17) is 0 Å². The molecule has 2 aromatic carbocycles. The Kier molecular flexibility index (Phi) is 6.82. The maximum absolute atomic E-state index is 13.3. The highest BCUT2D eigenvalue weighted by atomic mass is 32.2. The van der Waals surface area contributed by atoms with Gasteiger partial charge in [-0.3, -0.25) is 9.59 Å². The zero-order valence-corrected chi connectivity index (χ0v) is 21.2. The van der Waals surface area contributed by atoms with Gasteiger partial charge in [0.25, 0.3) is 0 Å². The second-order valence-corrected chi connectivity index (χ2v) is 11.4. The SMILES string of the molecule is Cc1cc(C)c(NC(=O)CN2C(=O)CCc3cc(S(=O)(=O)N4CCCC[C@H]4C)ccc32)c(C)c1. The summed E-state index contributed by atoms with van der Waals surface area (Å²) in [6.07, 6.45) is 3.47. The third kappa shape index (κ3) is 4.74. The van der Waals surface area contributed by atoms with E-state index in [0.717, 1.165) is 47.2 Å². The number of amides is 2. The summed E-state index contributed by atoms with van der Waals surface area (Å²) < 4.78 is 28.1. The van der Waals surface area contributed by atoms with Crippen molar-refractivity contribution >= 4 is 33.2 Å². The van der Waals surface area contributed by atoms with E-state index in [1.54, 1.807) is 22.5 Å². The molecule has 2 heterocycles. The molecule has 2 amide bonds. The molecule has 0 bridgehead atoms. The largest absolute Gasteiger partial charge is 0.324 e. The number of benzene rings is 2. The molecule has 4 rings (SSSR count). The predicted molar refractivity (Wildman–Crippen MR) is 134 cm³/mol. The van der Waals surface area contributed by atoms with Gasteiger partial charge < -0.3 is 10.2 Å². The number of carbonyl (C=O) groups excluding carboxylic acids is 2. The Morgan fingerprint density at radius 1 is 1.06 bits per heavy atom. The summed E-state index contributed by atoms with van der Waals surface area (Å²) in [7, 11) is -3.60. The Balaban J connectivity index is 1.57. The van der Waals surface area contributed by atoms with Gasteiger partial charge in [-0.2, -0.15) is 4.31 Å². The van der Waals surface area contributed by atoms with Crippen LogP contribution in [-0.2, 0) is 26.0 Å². The summed E-state index contributed by atoms with van der Waals surface area (Å²) in [5, 5.41) is 2.95. The number of piperidine rings is 1. The molecule has 1 saturated heterocycles. The van der Waals surface area contributed by atoms with E-state index in [0.29, 0.717) is 18.7 Å². The molecule has 7 nitrogen and oxygen atoms in total. The normalized spacial score (nSPS) is 19.1. The molecule has 1 fully saturated rings. The summed E-state index contributed by atoms with van der Waals surface area (Å²) >= 11 is 0. The summed E-state index contributed by atoms with van der Waals surface area (Å²) in [6, 6.07) is 8.91. The van der Waals surface area contributed by atoms with Crippen molar-refractivity contribution in [3.8, 4) is 0 Å². The molecule has 34 heavy (non-hydrogen) atoms. The second-order valence-electron chi connectivity index (χ2n) is 9.55. The zero-order valence-electron chi connectivity index (χ0n) is 20.3. The van der Waals surface area contributed by atoms with Crippen LogP contribution < -0.4 is 10.2 Å². The first-order valence-corrected chi connectivity index (χ1v) is 13.3. The standard InChI is InChI=1S/C26H33N3O4S/c1-17-13-18(2)26(19(3)14-17)27-24(30)16-28-23-10-9-22(15-21(23)8-11-25(28)31)34(32,33)29-12-6-5-7-20(29)4/h9-10,13-15,20H,5-8,11-12,16H2,1-4H3,(H,27,30)/t20-/m1/s1. The number of rotatable bonds is 5. The maximum Gasteiger partial charge on any atom is 0.244 e. The number of nitrogens with zero attached hydrogens (tertiary/aromatic N) is 2. The van der Waals surface area contributed by atoms with Gasteiger partial charge in [0.05, 0.1) is 4.90 Å². The monoisotopic (exact) mass is 483 g/mol. The van der Waals surface area contributed by atoms with Crippen LogP contribution in [-0.4, -0.2) is 43.7 Å². The van der Waals surface area contributed by atoms with Gasteiger partial charge in [0.1, 0.15) is 6.54 Å². The van der Waals surface area contributed by atoms with Gasteiger partial charge in [-0.15, -0.1) is 0 Å². The third-order valence-electron chi connectivity index (χ3n) is 6.84. The van der Waals surface area contributed by atoms with Crippen LogP contribution in [0.3, 0.4) is 0 Å². The number of carbonyl (C=O) groups is 2. The number of anilines is 2. The Bertz CT molecular complexity index is 1220. The van der Waals surface area contributed by atoms with E-state index in [9.17, 15) is 18.0 Å². The zero-order chi connectivity index (χ0) is 24.6. The lowest BCUT2D eigenvalue weighted by molar-refractivity contribution is -0.121. The van der Waals surface area contributed by atoms with Crippen LogP contribution in [0.5, 0.6) is 0 Å². The van der Waals surface area contributed by atoms with Crippen LogP contribution in [0.25, 0.3) is 0 Å². The summed E-state index contributed by atoms with van der Waals surface area (Å²) in [6.45, 7) is 8.27. The molecule has 1 atom stereocenters. The van der Waals surface area contributed by atoms with E-state index in [2.05, 4.69) is 5.32 Å². The fraction of sp³-hybridized carbons (Fsp3) is 0.462. The minimum Gasteiger partial charge on any atom is -0.324 e. The lowest BCUT2D eigenvalue weighted by atomic mass is 10.0. The summed E-state index contributed by atoms with van der Waals surface area (Å²) in [5.41, 5.74) is 5.21. The van der Waals surface area contributed by atoms with Crippen LogP contribution >= 0.6 is 0 Å². The summed E-state index contributed by atoms with van der Waals surface area (Å²) in [5.74, 6) is -0.421. The number of aryl methyl sites for hydroxylation is 4. The van der Waals surface area contributed by atoms with Gasteiger partial charge in [-0.25, -0.2) is 8.42 Å². The van der Waals surface area contributed by atoms with Gasteiger partial charge >= 0.3 is 0 Å². The maximum atomic E-state index is 13.3. The average Bonchev–Trinajstić information content (AvgIpc) is 2.78. The van der Waals surface area contributed by atoms with Crippen molar-refractivity contribution < 1.29 is 18.0 Å². The molecule has 1 N–H and O–H groups in total. The molecule has 0 aromatic heterocycles. The van der Waals surface area contributed by atoms with Gasteiger partial charge in [0.2, 0.25) is 21.8 Å². The van der Waals surface area contributed by atoms with Crippen LogP contribution in [0.2, 0.25) is 0 Å². The molecule has 2 aromatic rings. The van der Waals surface area contributed by atoms with Gasteiger partial charge in [-0.05, 0) is 81.8 Å². The first kappa shape index (κ1) is 24.4. The van der Waals surface area contributed by atoms with Crippen molar-refractivity contribution in [1.29, 1.82) is 0 Å². The minimum absolute atomic E-state index is 0.0229. The van der Waals surface area contributed by atoms with Crippen molar-refractivity contribution in [2.24, 2.45) is 0 Å². The molecular weight excluding hydrogens is 450 g/mol. The Morgan fingerprint density at radius 3 is 2.44 bits per heavy atom. The van der Waals surface area contributed by atoms with Crippen molar-refractivity contribution in [1.82, 2.24) is 4.31 Å². The highest BCUT2D eigenvalue weighted by Crippen LogP contribution is 2.33. The quantitative estimate of drug-likeness (QED) is 0.694. The van der Waals surface area contributed by atoms with Crippen LogP contribution in [0.15, 0.2) is 35.2 Å². The van der Waals surface area contributed by atoms with Crippen LogP contribution in [0.4, 0.5) is 11.4 Å². The van der Waals surface area contributed by atoms with E-state index in [1.807, 2.05) is 39.8 Å². The van der Waals surface area contributed by atoms with Gasteiger partial charge in [0.15, 0.2) is 0 Å². The lowest BCUT2D eigenvalue weighted by Crippen LogP contribution is -2.42. The molecule has 0 spiro atoms.